The molecular formula is C19H26F2N2O4S. The molecule has 3 aliphatic rings. The number of hydrogen-bond acceptors (Lipinski definition) is 5. The first-order valence-corrected chi connectivity index (χ1v) is 11.3. The van der Waals surface area contributed by atoms with Gasteiger partial charge in [-0.15, -0.1) is 0 Å². The van der Waals surface area contributed by atoms with E-state index in [2.05, 4.69) is 10.1 Å². The number of sulfonamides is 1. The van der Waals surface area contributed by atoms with Crippen LogP contribution in [-0.4, -0.2) is 55.2 Å². The fourth-order valence-electron chi connectivity index (χ4n) is 4.81. The molecule has 1 saturated carbocycles. The molecule has 6 nitrogen and oxygen atoms in total. The van der Waals surface area contributed by atoms with E-state index >= 15 is 0 Å². The smallest absolute Gasteiger partial charge is 0.387 e. The molecule has 0 aromatic heterocycles. The number of aliphatic hydroxyl groups excluding tert-OH is 1. The molecule has 4 rings (SSSR count). The van der Waals surface area contributed by atoms with Crippen LogP contribution >= 0.6 is 0 Å². The molecular weight excluding hydrogens is 390 g/mol. The predicted octanol–water partition coefficient (Wildman–Crippen LogP) is 2.33. The van der Waals surface area contributed by atoms with Gasteiger partial charge in [0.25, 0.3) is 0 Å². The summed E-state index contributed by atoms with van der Waals surface area (Å²) < 4.78 is 56.8. The van der Waals surface area contributed by atoms with Crippen LogP contribution in [0.2, 0.25) is 0 Å². The Bertz CT molecular complexity index is 770. The number of rotatable bonds is 7. The minimum absolute atomic E-state index is 0.0368. The van der Waals surface area contributed by atoms with Crippen molar-refractivity contribution in [1.29, 1.82) is 0 Å². The Morgan fingerprint density at radius 2 is 1.71 bits per heavy atom. The molecule has 2 bridgehead atoms. The SMILES string of the molecule is O=S(=O)(c1ccc(OC(F)F)cc1)N1[C@@H]2CC[C@H]1C[C@@H](NC[C@H]1C[C@@H](O)C1)C2. The first-order valence-electron chi connectivity index (χ1n) is 9.83. The van der Waals surface area contributed by atoms with Gasteiger partial charge in [-0.2, -0.15) is 13.1 Å². The maximum absolute atomic E-state index is 13.1. The van der Waals surface area contributed by atoms with Crippen LogP contribution in [0.25, 0.3) is 0 Å². The summed E-state index contributed by atoms with van der Waals surface area (Å²) >= 11 is 0. The van der Waals surface area contributed by atoms with Gasteiger partial charge in [0.1, 0.15) is 5.75 Å². The number of ether oxygens (including phenoxy) is 1. The van der Waals surface area contributed by atoms with Crippen molar-refractivity contribution >= 4 is 10.0 Å². The Labute approximate surface area is 163 Å². The van der Waals surface area contributed by atoms with Gasteiger partial charge in [-0.05, 0) is 75.3 Å². The minimum atomic E-state index is -3.67. The number of benzene rings is 1. The molecule has 3 atom stereocenters. The van der Waals surface area contributed by atoms with E-state index in [9.17, 15) is 22.3 Å². The number of nitrogens with one attached hydrogen (secondary N) is 1. The molecule has 9 heteroatoms. The molecule has 28 heavy (non-hydrogen) atoms. The predicted molar refractivity (Wildman–Crippen MR) is 98.7 cm³/mol. The summed E-state index contributed by atoms with van der Waals surface area (Å²) in [5.41, 5.74) is 0. The zero-order chi connectivity index (χ0) is 19.9. The van der Waals surface area contributed by atoms with Crippen molar-refractivity contribution in [2.45, 2.75) is 74.3 Å². The summed E-state index contributed by atoms with van der Waals surface area (Å²) in [5.74, 6) is 0.462. The number of nitrogens with zero attached hydrogens (tertiary/aromatic N) is 1. The molecule has 0 amide bonds. The van der Waals surface area contributed by atoms with Crippen molar-refractivity contribution in [2.24, 2.45) is 5.92 Å². The lowest BCUT2D eigenvalue weighted by Crippen LogP contribution is -2.52. The number of aliphatic hydroxyl groups is 1. The number of alkyl halides is 2. The second-order valence-electron chi connectivity index (χ2n) is 8.14. The van der Waals surface area contributed by atoms with Crippen LogP contribution in [0.4, 0.5) is 8.78 Å². The summed E-state index contributed by atoms with van der Waals surface area (Å²) in [7, 11) is -3.67. The van der Waals surface area contributed by atoms with Gasteiger partial charge in [-0.3, -0.25) is 0 Å². The topological polar surface area (TPSA) is 78.9 Å². The van der Waals surface area contributed by atoms with Gasteiger partial charge in [-0.1, -0.05) is 0 Å². The van der Waals surface area contributed by atoms with E-state index in [0.717, 1.165) is 45.1 Å². The van der Waals surface area contributed by atoms with Crippen LogP contribution in [0.1, 0.15) is 38.5 Å². The monoisotopic (exact) mass is 416 g/mol. The maximum Gasteiger partial charge on any atom is 0.387 e. The highest BCUT2D eigenvalue weighted by molar-refractivity contribution is 7.89. The average Bonchev–Trinajstić information content (AvgIpc) is 2.90. The van der Waals surface area contributed by atoms with Gasteiger partial charge in [0.15, 0.2) is 0 Å². The van der Waals surface area contributed by atoms with Gasteiger partial charge in [-0.25, -0.2) is 8.42 Å². The Balaban J connectivity index is 1.40. The normalized spacial score (nSPS) is 33.1. The largest absolute Gasteiger partial charge is 0.435 e. The van der Waals surface area contributed by atoms with Crippen LogP contribution in [0.15, 0.2) is 29.2 Å². The molecule has 2 saturated heterocycles. The minimum Gasteiger partial charge on any atom is -0.435 e. The van der Waals surface area contributed by atoms with Crippen LogP contribution in [0.3, 0.4) is 0 Å². The molecule has 1 aliphatic carbocycles. The molecule has 0 spiro atoms. The van der Waals surface area contributed by atoms with Crippen LogP contribution in [0.5, 0.6) is 5.75 Å². The second kappa shape index (κ2) is 7.85. The highest BCUT2D eigenvalue weighted by atomic mass is 32.2. The van der Waals surface area contributed by atoms with Crippen LogP contribution in [-0.2, 0) is 10.0 Å². The lowest BCUT2D eigenvalue weighted by atomic mass is 9.82. The average molecular weight is 416 g/mol. The van der Waals surface area contributed by atoms with Crippen LogP contribution in [0, 0.1) is 5.92 Å². The van der Waals surface area contributed by atoms with E-state index in [1.165, 1.54) is 24.3 Å². The lowest BCUT2D eigenvalue weighted by Gasteiger charge is -2.40. The standard InChI is InChI=1S/C19H26F2N2O4S/c20-19(21)27-17-3-5-18(6-4-17)28(25,26)23-14-1-2-15(23)10-13(9-14)22-11-12-7-16(24)8-12/h3-6,12-16,19,22,24H,1-2,7-11H2/t12-,13-,14+,15-,16+. The van der Waals surface area contributed by atoms with Crippen molar-refractivity contribution in [2.75, 3.05) is 6.54 Å². The van der Waals surface area contributed by atoms with Crippen molar-refractivity contribution in [3.8, 4) is 5.75 Å². The molecule has 2 heterocycles. The van der Waals surface area contributed by atoms with Crippen molar-refractivity contribution < 1.29 is 27.0 Å². The van der Waals surface area contributed by atoms with Gasteiger partial charge < -0.3 is 15.2 Å². The number of fused-ring (bicyclic) bond motifs is 2. The third-order valence-electron chi connectivity index (χ3n) is 6.20. The summed E-state index contributed by atoms with van der Waals surface area (Å²) in [5, 5.41) is 13.0. The van der Waals surface area contributed by atoms with E-state index in [1.54, 1.807) is 4.31 Å². The zero-order valence-electron chi connectivity index (χ0n) is 15.5. The Morgan fingerprint density at radius 3 is 2.25 bits per heavy atom. The third kappa shape index (κ3) is 4.03. The molecule has 2 aliphatic heterocycles. The van der Waals surface area contributed by atoms with Gasteiger partial charge in [0.2, 0.25) is 10.0 Å². The first kappa shape index (κ1) is 20.0. The van der Waals surface area contributed by atoms with Crippen molar-refractivity contribution in [3.63, 3.8) is 0 Å². The fraction of sp³-hybridized carbons (Fsp3) is 0.684. The summed E-state index contributed by atoms with van der Waals surface area (Å²) in [4.78, 5) is 0.112. The van der Waals surface area contributed by atoms with Crippen molar-refractivity contribution in [1.82, 2.24) is 9.62 Å². The summed E-state index contributed by atoms with van der Waals surface area (Å²) in [6.45, 7) is -2.06. The van der Waals surface area contributed by atoms with E-state index in [4.69, 9.17) is 0 Å². The summed E-state index contributed by atoms with van der Waals surface area (Å²) in [6, 6.07) is 5.42. The number of halogens is 2. The summed E-state index contributed by atoms with van der Waals surface area (Å²) in [6.07, 6.45) is 4.77. The Kier molecular flexibility index (Phi) is 5.61. The second-order valence-corrected chi connectivity index (χ2v) is 9.98. The molecule has 1 aromatic rings. The molecule has 0 unspecified atom stereocenters. The lowest BCUT2D eigenvalue weighted by molar-refractivity contribution is -0.0498. The third-order valence-corrected chi connectivity index (χ3v) is 8.22. The molecule has 1 aromatic carbocycles. The Morgan fingerprint density at radius 1 is 1.11 bits per heavy atom. The van der Waals surface area contributed by atoms with E-state index in [-0.39, 0.29) is 28.8 Å². The molecule has 2 N–H and O–H groups in total. The van der Waals surface area contributed by atoms with E-state index < -0.39 is 16.6 Å². The molecule has 0 radical (unpaired) electrons. The molecule has 156 valence electrons. The number of hydrogen-bond donors (Lipinski definition) is 2. The van der Waals surface area contributed by atoms with E-state index in [1.807, 2.05) is 0 Å². The van der Waals surface area contributed by atoms with E-state index in [0.29, 0.717) is 12.0 Å². The van der Waals surface area contributed by atoms with Gasteiger partial charge in [0, 0.05) is 18.1 Å². The highest BCUT2D eigenvalue weighted by Gasteiger charge is 2.47. The number of piperidine rings is 1. The quantitative estimate of drug-likeness (QED) is 0.713. The van der Waals surface area contributed by atoms with Gasteiger partial charge >= 0.3 is 6.61 Å². The first-order chi connectivity index (χ1) is 13.3. The zero-order valence-corrected chi connectivity index (χ0v) is 16.3. The fourth-order valence-corrected chi connectivity index (χ4v) is 6.70. The Hall–Kier alpha value is -1.29. The van der Waals surface area contributed by atoms with Gasteiger partial charge in [0.05, 0.1) is 11.0 Å². The molecule has 3 fully saturated rings. The maximum atomic E-state index is 13.1. The van der Waals surface area contributed by atoms with Crippen LogP contribution < -0.4 is 10.1 Å². The highest BCUT2D eigenvalue weighted by Crippen LogP contribution is 2.40. The van der Waals surface area contributed by atoms with Crippen molar-refractivity contribution in [3.05, 3.63) is 24.3 Å².